The van der Waals surface area contributed by atoms with Crippen molar-refractivity contribution in [3.63, 3.8) is 0 Å². The molecule has 0 atom stereocenters. The Morgan fingerprint density at radius 3 is 2.59 bits per heavy atom. The van der Waals surface area contributed by atoms with E-state index in [0.717, 1.165) is 19.3 Å². The maximum Gasteiger partial charge on any atom is 3.00 e. The minimum atomic E-state index is 0. The van der Waals surface area contributed by atoms with Crippen LogP contribution in [0.1, 0.15) is 37.3 Å². The van der Waals surface area contributed by atoms with E-state index in [-0.39, 0.29) is 57.6 Å². The number of aliphatic hydroxyl groups is 1. The second-order valence-corrected chi connectivity index (χ2v) is 6.35. The minimum absolute atomic E-state index is 0. The van der Waals surface area contributed by atoms with Crippen LogP contribution in [0, 0.1) is 10.4 Å². The van der Waals surface area contributed by atoms with E-state index in [9.17, 15) is 5.11 Å². The van der Waals surface area contributed by atoms with Crippen molar-refractivity contribution < 1.29 is 56.1 Å². The molecule has 27 heavy (non-hydrogen) atoms. The molecular weight excluding hydrogens is 454 g/mol. The van der Waals surface area contributed by atoms with Crippen LogP contribution in [0.3, 0.4) is 0 Å². The Bertz CT molecular complexity index is 1080. The first-order valence-corrected chi connectivity index (χ1v) is 8.66. The third kappa shape index (κ3) is 4.40. The van der Waals surface area contributed by atoms with Gasteiger partial charge in [0, 0.05) is 6.61 Å². The van der Waals surface area contributed by atoms with Gasteiger partial charge in [-0.2, -0.15) is 0 Å². The molecule has 0 spiro atoms. The molecule has 4 heteroatoms. The zero-order valence-electron chi connectivity index (χ0n) is 15.2. The molecule has 1 radical (unpaired) electrons. The normalized spacial score (nSPS) is 13.9. The summed E-state index contributed by atoms with van der Waals surface area (Å²) in [4.78, 5) is 0. The van der Waals surface area contributed by atoms with E-state index < -0.39 is 0 Å². The van der Waals surface area contributed by atoms with Crippen molar-refractivity contribution >= 4 is 17.7 Å². The molecular formula is C23H21Cl2OZr. The fourth-order valence-corrected chi connectivity index (χ4v) is 3.82. The van der Waals surface area contributed by atoms with Gasteiger partial charge < -0.3 is 29.9 Å². The number of rotatable bonds is 4. The first-order chi connectivity index (χ1) is 11.8. The SMILES string of the molecule is CC=c1ccc2c(c1C1=C(CCCO)C=CC1)[C-]=c1ccccc1=2.[Cl-].[Cl-].[Zr+3]. The number of aliphatic hydroxyl groups excluding tert-OH is 1. The maximum atomic E-state index is 9.19. The zero-order valence-corrected chi connectivity index (χ0v) is 19.2. The predicted molar refractivity (Wildman–Crippen MR) is 99.5 cm³/mol. The van der Waals surface area contributed by atoms with Gasteiger partial charge in [-0.05, 0) is 26.2 Å². The molecule has 2 aromatic carbocycles. The smallest absolute Gasteiger partial charge is 1.00 e. The van der Waals surface area contributed by atoms with Gasteiger partial charge in [0.25, 0.3) is 0 Å². The van der Waals surface area contributed by atoms with Crippen molar-refractivity contribution in [3.8, 4) is 0 Å². The summed E-state index contributed by atoms with van der Waals surface area (Å²) < 4.78 is 0. The molecule has 137 valence electrons. The molecule has 0 saturated heterocycles. The van der Waals surface area contributed by atoms with Gasteiger partial charge in [0.1, 0.15) is 0 Å². The monoisotopic (exact) mass is 473 g/mol. The molecule has 0 saturated carbocycles. The summed E-state index contributed by atoms with van der Waals surface area (Å²) in [6, 6.07) is 12.9. The molecule has 0 bridgehead atoms. The standard InChI is InChI=1S/C23H21O.2ClH.Zr/c1-2-16-12-13-21-19-10-4-3-7-18(19)15-22(21)23(16)20-11-5-8-17(20)9-6-14-24;;;/h2-5,7-8,10,12-13,24H,6,9,11,14H2,1H3;2*1H;/q-1;;;+3/p-2. The van der Waals surface area contributed by atoms with Crippen LogP contribution >= 0.6 is 0 Å². The van der Waals surface area contributed by atoms with Crippen LogP contribution in [0.5, 0.6) is 0 Å². The molecule has 2 aliphatic carbocycles. The van der Waals surface area contributed by atoms with Gasteiger partial charge in [0.05, 0.1) is 0 Å². The molecule has 1 nitrogen and oxygen atoms in total. The van der Waals surface area contributed by atoms with Crippen molar-refractivity contribution in [3.05, 3.63) is 86.1 Å². The molecule has 0 aliphatic heterocycles. The Morgan fingerprint density at radius 1 is 1.07 bits per heavy atom. The Kier molecular flexibility index (Phi) is 9.45. The van der Waals surface area contributed by atoms with Crippen LogP contribution < -0.4 is 35.3 Å². The van der Waals surface area contributed by atoms with Crippen molar-refractivity contribution in [2.45, 2.75) is 26.2 Å². The molecule has 2 aliphatic rings. The van der Waals surface area contributed by atoms with E-state index in [1.54, 1.807) is 0 Å². The van der Waals surface area contributed by atoms with E-state index in [1.807, 2.05) is 0 Å². The molecule has 1 N–H and O–H groups in total. The van der Waals surface area contributed by atoms with E-state index in [1.165, 1.54) is 43.1 Å². The topological polar surface area (TPSA) is 20.2 Å². The van der Waals surface area contributed by atoms with E-state index in [0.29, 0.717) is 0 Å². The average molecular weight is 476 g/mol. The summed E-state index contributed by atoms with van der Waals surface area (Å²) in [6.07, 6.45) is 13.0. The Labute approximate surface area is 191 Å². The molecule has 4 rings (SSSR count). The van der Waals surface area contributed by atoms with Gasteiger partial charge in [0.15, 0.2) is 0 Å². The summed E-state index contributed by atoms with van der Waals surface area (Å²) in [5.74, 6) is 0. The molecule has 0 unspecified atom stereocenters. The summed E-state index contributed by atoms with van der Waals surface area (Å²) in [7, 11) is 0. The van der Waals surface area contributed by atoms with E-state index in [2.05, 4.69) is 67.6 Å². The molecule has 0 heterocycles. The molecule has 0 amide bonds. The third-order valence-corrected chi connectivity index (χ3v) is 4.96. The number of allylic oxidation sites excluding steroid dienone is 4. The molecule has 2 aromatic rings. The van der Waals surface area contributed by atoms with Crippen LogP contribution in [-0.2, 0) is 26.2 Å². The minimum Gasteiger partial charge on any atom is -1.00 e. The maximum absolute atomic E-state index is 9.19. The second-order valence-electron chi connectivity index (χ2n) is 6.35. The van der Waals surface area contributed by atoms with Crippen LogP contribution in [0.4, 0.5) is 0 Å². The van der Waals surface area contributed by atoms with Crippen molar-refractivity contribution in [2.24, 2.45) is 0 Å². The van der Waals surface area contributed by atoms with Crippen molar-refractivity contribution in [1.29, 1.82) is 0 Å². The van der Waals surface area contributed by atoms with E-state index >= 15 is 0 Å². The Morgan fingerprint density at radius 2 is 1.85 bits per heavy atom. The van der Waals surface area contributed by atoms with Gasteiger partial charge in [-0.3, -0.25) is 0 Å². The van der Waals surface area contributed by atoms with Gasteiger partial charge in [-0.15, -0.1) is 33.4 Å². The van der Waals surface area contributed by atoms with Gasteiger partial charge in [-0.25, -0.2) is 0 Å². The molecule has 0 aromatic heterocycles. The van der Waals surface area contributed by atoms with Gasteiger partial charge in [-0.1, -0.05) is 70.5 Å². The summed E-state index contributed by atoms with van der Waals surface area (Å²) >= 11 is 0. The largest absolute Gasteiger partial charge is 3.00 e. The molecule has 0 fully saturated rings. The summed E-state index contributed by atoms with van der Waals surface area (Å²) in [5.41, 5.74) is 5.31. The summed E-state index contributed by atoms with van der Waals surface area (Å²) in [6.45, 7) is 2.34. The van der Waals surface area contributed by atoms with Crippen LogP contribution in [0.25, 0.3) is 17.7 Å². The first-order valence-electron chi connectivity index (χ1n) is 8.66. The van der Waals surface area contributed by atoms with Gasteiger partial charge in [0.2, 0.25) is 0 Å². The number of hydrogen-bond donors (Lipinski definition) is 1. The quantitative estimate of drug-likeness (QED) is 0.407. The third-order valence-electron chi connectivity index (χ3n) is 4.96. The fourth-order valence-electron chi connectivity index (χ4n) is 3.82. The van der Waals surface area contributed by atoms with Crippen molar-refractivity contribution in [2.75, 3.05) is 6.61 Å². The van der Waals surface area contributed by atoms with Crippen LogP contribution in [0.15, 0.2) is 54.1 Å². The zero-order chi connectivity index (χ0) is 16.5. The van der Waals surface area contributed by atoms with Crippen molar-refractivity contribution in [1.82, 2.24) is 0 Å². The average Bonchev–Trinajstić information content (AvgIpc) is 3.23. The number of hydrogen-bond acceptors (Lipinski definition) is 1. The Hall–Kier alpha value is -0.917. The number of fused-ring (bicyclic) bond motifs is 2. The predicted octanol–water partition coefficient (Wildman–Crippen LogP) is -2.72. The fraction of sp³-hybridized carbons (Fsp3) is 0.217. The number of benzene rings is 2. The van der Waals surface area contributed by atoms with Crippen LogP contribution in [-0.4, -0.2) is 11.7 Å². The van der Waals surface area contributed by atoms with E-state index in [4.69, 9.17) is 0 Å². The van der Waals surface area contributed by atoms with Crippen LogP contribution in [0.2, 0.25) is 0 Å². The Balaban J connectivity index is 0.00000121. The van der Waals surface area contributed by atoms with Gasteiger partial charge >= 0.3 is 26.2 Å². The first kappa shape index (κ1) is 24.1. The number of halogens is 2. The summed E-state index contributed by atoms with van der Waals surface area (Å²) in [5, 5.41) is 14.2. The second kappa shape index (κ2) is 10.6.